The van der Waals surface area contributed by atoms with Crippen LogP contribution in [0.4, 0.5) is 0 Å². The van der Waals surface area contributed by atoms with Crippen molar-refractivity contribution in [2.24, 2.45) is 5.73 Å². The van der Waals surface area contributed by atoms with E-state index >= 15 is 0 Å². The van der Waals surface area contributed by atoms with Gasteiger partial charge in [-0.15, -0.1) is 0 Å². The fourth-order valence-corrected chi connectivity index (χ4v) is 1.69. The van der Waals surface area contributed by atoms with Crippen LogP contribution >= 0.6 is 0 Å². The molecule has 1 aromatic rings. The SMILES string of the molecule is CC(C)OCCN(C)Cc1cccc(CN)c1. The molecule has 0 aliphatic rings. The third-order valence-electron chi connectivity index (χ3n) is 2.60. The van der Waals surface area contributed by atoms with Gasteiger partial charge in [0.2, 0.25) is 0 Å². The van der Waals surface area contributed by atoms with Gasteiger partial charge in [-0.05, 0) is 32.0 Å². The predicted octanol–water partition coefficient (Wildman–Crippen LogP) is 2.00. The Morgan fingerprint density at radius 1 is 1.29 bits per heavy atom. The van der Waals surface area contributed by atoms with E-state index in [-0.39, 0.29) is 0 Å². The van der Waals surface area contributed by atoms with Crippen LogP contribution < -0.4 is 5.73 Å². The second kappa shape index (κ2) is 7.43. The Hall–Kier alpha value is -0.900. The highest BCUT2D eigenvalue weighted by Gasteiger charge is 2.02. The van der Waals surface area contributed by atoms with E-state index in [2.05, 4.69) is 50.1 Å². The second-order valence-electron chi connectivity index (χ2n) is 4.68. The van der Waals surface area contributed by atoms with Gasteiger partial charge < -0.3 is 10.5 Å². The Morgan fingerprint density at radius 3 is 2.65 bits per heavy atom. The van der Waals surface area contributed by atoms with Crippen LogP contribution in [0.3, 0.4) is 0 Å². The number of hydrogen-bond donors (Lipinski definition) is 1. The number of benzene rings is 1. The summed E-state index contributed by atoms with van der Waals surface area (Å²) in [6.07, 6.45) is 0.309. The summed E-state index contributed by atoms with van der Waals surface area (Å²) in [7, 11) is 2.11. The summed E-state index contributed by atoms with van der Waals surface area (Å²) in [6, 6.07) is 8.43. The lowest BCUT2D eigenvalue weighted by atomic mass is 10.1. The average Bonchev–Trinajstić information content (AvgIpc) is 2.28. The second-order valence-corrected chi connectivity index (χ2v) is 4.68. The van der Waals surface area contributed by atoms with Crippen LogP contribution in [0.2, 0.25) is 0 Å². The largest absolute Gasteiger partial charge is 0.377 e. The number of nitrogens with zero attached hydrogens (tertiary/aromatic N) is 1. The third kappa shape index (κ3) is 5.82. The van der Waals surface area contributed by atoms with Crippen molar-refractivity contribution in [3.8, 4) is 0 Å². The topological polar surface area (TPSA) is 38.5 Å². The summed E-state index contributed by atoms with van der Waals surface area (Å²) < 4.78 is 5.53. The summed E-state index contributed by atoms with van der Waals surface area (Å²) in [4.78, 5) is 2.26. The standard InChI is InChI=1S/C14H24N2O/c1-12(2)17-8-7-16(3)11-14-6-4-5-13(9-14)10-15/h4-6,9,12H,7-8,10-11,15H2,1-3H3. The minimum Gasteiger partial charge on any atom is -0.377 e. The number of rotatable bonds is 7. The Kier molecular flexibility index (Phi) is 6.19. The zero-order chi connectivity index (χ0) is 12.7. The van der Waals surface area contributed by atoms with Crippen LogP contribution in [0.1, 0.15) is 25.0 Å². The molecule has 3 nitrogen and oxygen atoms in total. The quantitative estimate of drug-likeness (QED) is 0.787. The first kappa shape index (κ1) is 14.2. The molecule has 0 atom stereocenters. The summed E-state index contributed by atoms with van der Waals surface area (Å²) in [5, 5.41) is 0. The first-order valence-electron chi connectivity index (χ1n) is 6.20. The molecule has 0 aliphatic carbocycles. The van der Waals surface area contributed by atoms with Crippen molar-refractivity contribution >= 4 is 0 Å². The molecule has 0 heterocycles. The highest BCUT2D eigenvalue weighted by molar-refractivity contribution is 5.23. The molecule has 96 valence electrons. The molecule has 0 unspecified atom stereocenters. The van der Waals surface area contributed by atoms with Crippen LogP contribution in [-0.4, -0.2) is 31.2 Å². The fourth-order valence-electron chi connectivity index (χ4n) is 1.69. The van der Waals surface area contributed by atoms with Crippen LogP contribution in [0.5, 0.6) is 0 Å². The maximum absolute atomic E-state index is 5.63. The molecule has 0 saturated carbocycles. The van der Waals surface area contributed by atoms with Crippen LogP contribution in [-0.2, 0) is 17.8 Å². The first-order valence-corrected chi connectivity index (χ1v) is 6.20. The van der Waals surface area contributed by atoms with Gasteiger partial charge in [0.05, 0.1) is 12.7 Å². The third-order valence-corrected chi connectivity index (χ3v) is 2.60. The Morgan fingerprint density at radius 2 is 2.00 bits per heavy atom. The lowest BCUT2D eigenvalue weighted by Gasteiger charge is -2.18. The van der Waals surface area contributed by atoms with Crippen molar-refractivity contribution in [1.82, 2.24) is 4.90 Å². The molecule has 0 aromatic heterocycles. The van der Waals surface area contributed by atoms with Gasteiger partial charge in [-0.1, -0.05) is 24.3 Å². The summed E-state index contributed by atoms with van der Waals surface area (Å²) in [6.45, 7) is 7.40. The van der Waals surface area contributed by atoms with Gasteiger partial charge in [-0.3, -0.25) is 4.90 Å². The minimum absolute atomic E-state index is 0.309. The fraction of sp³-hybridized carbons (Fsp3) is 0.571. The molecule has 0 amide bonds. The van der Waals surface area contributed by atoms with Gasteiger partial charge in [0, 0.05) is 19.6 Å². The van der Waals surface area contributed by atoms with Gasteiger partial charge in [-0.25, -0.2) is 0 Å². The highest BCUT2D eigenvalue weighted by Crippen LogP contribution is 2.07. The molecule has 0 fully saturated rings. The van der Waals surface area contributed by atoms with E-state index < -0.39 is 0 Å². The zero-order valence-corrected chi connectivity index (χ0v) is 11.1. The maximum Gasteiger partial charge on any atom is 0.0596 e. The molecule has 0 spiro atoms. The van der Waals surface area contributed by atoms with Crippen molar-refractivity contribution in [3.63, 3.8) is 0 Å². The molecule has 3 heteroatoms. The van der Waals surface area contributed by atoms with E-state index in [4.69, 9.17) is 10.5 Å². The van der Waals surface area contributed by atoms with Crippen molar-refractivity contribution in [2.75, 3.05) is 20.2 Å². The van der Waals surface area contributed by atoms with Gasteiger partial charge in [0.25, 0.3) is 0 Å². The van der Waals surface area contributed by atoms with E-state index in [1.54, 1.807) is 0 Å². The average molecular weight is 236 g/mol. The predicted molar refractivity (Wildman–Crippen MR) is 71.8 cm³/mol. The number of nitrogens with two attached hydrogens (primary N) is 1. The number of likely N-dealkylation sites (N-methyl/N-ethyl adjacent to an activating group) is 1. The molecule has 1 aromatic carbocycles. The lowest BCUT2D eigenvalue weighted by molar-refractivity contribution is 0.0627. The van der Waals surface area contributed by atoms with Gasteiger partial charge in [-0.2, -0.15) is 0 Å². The summed E-state index contributed by atoms with van der Waals surface area (Å²) in [5.41, 5.74) is 8.12. The molecular weight excluding hydrogens is 212 g/mol. The van der Waals surface area contributed by atoms with Crippen molar-refractivity contribution < 1.29 is 4.74 Å². The molecule has 0 bridgehead atoms. The Bertz CT molecular complexity index is 326. The molecule has 2 N–H and O–H groups in total. The van der Waals surface area contributed by atoms with E-state index in [0.29, 0.717) is 12.6 Å². The number of hydrogen-bond acceptors (Lipinski definition) is 3. The van der Waals surface area contributed by atoms with Crippen molar-refractivity contribution in [2.45, 2.75) is 33.0 Å². The van der Waals surface area contributed by atoms with Gasteiger partial charge >= 0.3 is 0 Å². The smallest absolute Gasteiger partial charge is 0.0596 e. The Balaban J connectivity index is 2.36. The zero-order valence-electron chi connectivity index (χ0n) is 11.1. The van der Waals surface area contributed by atoms with Crippen molar-refractivity contribution in [3.05, 3.63) is 35.4 Å². The van der Waals surface area contributed by atoms with E-state index in [1.807, 2.05) is 0 Å². The Labute approximate surface area is 105 Å². The van der Waals surface area contributed by atoms with E-state index in [0.717, 1.165) is 19.7 Å². The normalized spacial score (nSPS) is 11.4. The summed E-state index contributed by atoms with van der Waals surface area (Å²) >= 11 is 0. The van der Waals surface area contributed by atoms with E-state index in [1.165, 1.54) is 11.1 Å². The van der Waals surface area contributed by atoms with Gasteiger partial charge in [0.1, 0.15) is 0 Å². The minimum atomic E-state index is 0.309. The van der Waals surface area contributed by atoms with Crippen molar-refractivity contribution in [1.29, 1.82) is 0 Å². The maximum atomic E-state index is 5.63. The monoisotopic (exact) mass is 236 g/mol. The molecule has 0 radical (unpaired) electrons. The lowest BCUT2D eigenvalue weighted by Crippen LogP contribution is -2.24. The molecule has 1 rings (SSSR count). The molecular formula is C14H24N2O. The highest BCUT2D eigenvalue weighted by atomic mass is 16.5. The van der Waals surface area contributed by atoms with Crippen LogP contribution in [0.25, 0.3) is 0 Å². The van der Waals surface area contributed by atoms with E-state index in [9.17, 15) is 0 Å². The summed E-state index contributed by atoms with van der Waals surface area (Å²) in [5.74, 6) is 0. The van der Waals surface area contributed by atoms with Crippen LogP contribution in [0.15, 0.2) is 24.3 Å². The molecule has 17 heavy (non-hydrogen) atoms. The molecule has 0 aliphatic heterocycles. The first-order chi connectivity index (χ1) is 8.11. The van der Waals surface area contributed by atoms with Crippen LogP contribution in [0, 0.1) is 0 Å². The van der Waals surface area contributed by atoms with Gasteiger partial charge in [0.15, 0.2) is 0 Å². The molecule has 0 saturated heterocycles. The number of ether oxygens (including phenoxy) is 1.